The molecular weight excluding hydrogens is 204 g/mol. The minimum Gasteiger partial charge on any atom is -0.385 e. The van der Waals surface area contributed by atoms with Crippen LogP contribution in [0, 0.1) is 0 Å². The molecule has 0 amide bonds. The molecule has 0 aliphatic carbocycles. The van der Waals surface area contributed by atoms with Crippen molar-refractivity contribution in [1.82, 2.24) is 9.78 Å². The van der Waals surface area contributed by atoms with Gasteiger partial charge in [-0.25, -0.2) is 0 Å². The number of carbonyl (C=O) groups excluding carboxylic acids is 1. The number of nitrogens with zero attached hydrogens (tertiary/aromatic N) is 2. The number of rotatable bonds is 4. The molecule has 1 atom stereocenters. The summed E-state index contributed by atoms with van der Waals surface area (Å²) >= 11 is 6.02. The summed E-state index contributed by atoms with van der Waals surface area (Å²) in [6, 6.07) is 0. The number of carbonyl (C=O) groups is 1. The van der Waals surface area contributed by atoms with Gasteiger partial charge in [0.25, 0.3) is 0 Å². The van der Waals surface area contributed by atoms with Crippen LogP contribution in [0.25, 0.3) is 0 Å². The maximum absolute atomic E-state index is 10.3. The molecule has 1 heterocycles. The molecule has 1 unspecified atom stereocenters. The lowest BCUT2D eigenvalue weighted by atomic mass is 10.2. The van der Waals surface area contributed by atoms with Gasteiger partial charge >= 0.3 is 0 Å². The number of aromatic nitrogens is 2. The summed E-state index contributed by atoms with van der Waals surface area (Å²) in [4.78, 5) is 10.3. The third-order valence-electron chi connectivity index (χ3n) is 2.06. The molecule has 0 aromatic carbocycles. The maximum Gasteiger partial charge on any atom is 0.148 e. The number of hydrogen-bond acceptors (Lipinski definition) is 3. The Balaban J connectivity index is 2.96. The van der Waals surface area contributed by atoms with Gasteiger partial charge in [0.05, 0.1) is 16.4 Å². The molecule has 0 spiro atoms. The first-order chi connectivity index (χ1) is 6.60. The van der Waals surface area contributed by atoms with Crippen molar-refractivity contribution in [3.05, 3.63) is 16.4 Å². The van der Waals surface area contributed by atoms with Crippen LogP contribution in [-0.2, 0) is 24.7 Å². The standard InChI is InChI=1S/C9H13ClN2O2/c1-3-7-9(10)8(12(2)11-7)4-6(14)5-13/h5-6,14H,3-4H2,1-2H3. The average molecular weight is 217 g/mol. The molecule has 0 radical (unpaired) electrons. The zero-order chi connectivity index (χ0) is 10.7. The number of aldehydes is 1. The molecule has 0 aliphatic heterocycles. The molecule has 0 saturated heterocycles. The minimum atomic E-state index is -1.01. The normalized spacial score (nSPS) is 12.9. The molecule has 5 heteroatoms. The zero-order valence-corrected chi connectivity index (χ0v) is 8.95. The number of hydrogen-bond donors (Lipinski definition) is 1. The second-order valence-corrected chi connectivity index (χ2v) is 3.47. The number of halogens is 1. The lowest BCUT2D eigenvalue weighted by Gasteiger charge is -2.03. The van der Waals surface area contributed by atoms with E-state index in [4.69, 9.17) is 11.6 Å². The van der Waals surface area contributed by atoms with E-state index in [-0.39, 0.29) is 6.42 Å². The summed E-state index contributed by atoms with van der Waals surface area (Å²) < 4.78 is 1.61. The smallest absolute Gasteiger partial charge is 0.148 e. The van der Waals surface area contributed by atoms with Gasteiger partial charge in [0.2, 0.25) is 0 Å². The highest BCUT2D eigenvalue weighted by Crippen LogP contribution is 2.21. The third kappa shape index (κ3) is 2.13. The van der Waals surface area contributed by atoms with Gasteiger partial charge in [-0.05, 0) is 6.42 Å². The first kappa shape index (κ1) is 11.2. The average Bonchev–Trinajstić information content (AvgIpc) is 2.44. The van der Waals surface area contributed by atoms with Gasteiger partial charge in [-0.15, -0.1) is 0 Å². The zero-order valence-electron chi connectivity index (χ0n) is 8.20. The molecule has 78 valence electrons. The molecule has 0 aliphatic rings. The predicted molar refractivity (Wildman–Crippen MR) is 53.4 cm³/mol. The highest BCUT2D eigenvalue weighted by atomic mass is 35.5. The van der Waals surface area contributed by atoms with Crippen molar-refractivity contribution < 1.29 is 9.90 Å². The maximum atomic E-state index is 10.3. The van der Waals surface area contributed by atoms with Gasteiger partial charge in [0.15, 0.2) is 0 Å². The Kier molecular flexibility index (Phi) is 3.66. The van der Waals surface area contributed by atoms with Gasteiger partial charge in [0, 0.05) is 13.5 Å². The fourth-order valence-corrected chi connectivity index (χ4v) is 1.66. The van der Waals surface area contributed by atoms with Crippen molar-refractivity contribution in [3.8, 4) is 0 Å². The van der Waals surface area contributed by atoms with Crippen LogP contribution in [-0.4, -0.2) is 27.3 Å². The van der Waals surface area contributed by atoms with E-state index in [0.29, 0.717) is 17.0 Å². The van der Waals surface area contributed by atoms with E-state index in [1.807, 2.05) is 6.92 Å². The van der Waals surface area contributed by atoms with E-state index in [2.05, 4.69) is 5.10 Å². The topological polar surface area (TPSA) is 55.1 Å². The fourth-order valence-electron chi connectivity index (χ4n) is 1.29. The van der Waals surface area contributed by atoms with Crippen molar-refractivity contribution in [2.45, 2.75) is 25.9 Å². The van der Waals surface area contributed by atoms with E-state index in [1.165, 1.54) is 0 Å². The highest BCUT2D eigenvalue weighted by molar-refractivity contribution is 6.31. The Labute approximate surface area is 87.5 Å². The van der Waals surface area contributed by atoms with Crippen LogP contribution in [0.1, 0.15) is 18.3 Å². The second kappa shape index (κ2) is 4.57. The van der Waals surface area contributed by atoms with Crippen molar-refractivity contribution in [2.75, 3.05) is 0 Å². The Morgan fingerprint density at radius 1 is 1.71 bits per heavy atom. The Morgan fingerprint density at radius 3 is 2.79 bits per heavy atom. The quantitative estimate of drug-likeness (QED) is 0.756. The van der Waals surface area contributed by atoms with Crippen LogP contribution < -0.4 is 0 Å². The molecule has 14 heavy (non-hydrogen) atoms. The Morgan fingerprint density at radius 2 is 2.36 bits per heavy atom. The van der Waals surface area contributed by atoms with Crippen molar-refractivity contribution in [2.24, 2.45) is 7.05 Å². The number of aliphatic hydroxyl groups excluding tert-OH is 1. The molecule has 0 bridgehead atoms. The second-order valence-electron chi connectivity index (χ2n) is 3.09. The van der Waals surface area contributed by atoms with Gasteiger partial charge in [-0.3, -0.25) is 4.68 Å². The summed E-state index contributed by atoms with van der Waals surface area (Å²) in [7, 11) is 1.75. The van der Waals surface area contributed by atoms with Crippen molar-refractivity contribution >= 4 is 17.9 Å². The molecule has 1 aromatic heterocycles. The first-order valence-corrected chi connectivity index (χ1v) is 4.81. The lowest BCUT2D eigenvalue weighted by Crippen LogP contribution is -2.14. The summed E-state index contributed by atoms with van der Waals surface area (Å²) in [6.45, 7) is 1.95. The lowest BCUT2D eigenvalue weighted by molar-refractivity contribution is -0.114. The molecule has 1 rings (SSSR count). The first-order valence-electron chi connectivity index (χ1n) is 4.43. The molecular formula is C9H13ClN2O2. The van der Waals surface area contributed by atoms with Gasteiger partial charge < -0.3 is 9.90 Å². The summed E-state index contributed by atoms with van der Waals surface area (Å²) in [6.07, 6.45) is 0.442. The molecule has 4 nitrogen and oxygen atoms in total. The van der Waals surface area contributed by atoms with E-state index in [0.717, 1.165) is 12.1 Å². The van der Waals surface area contributed by atoms with Crippen LogP contribution in [0.4, 0.5) is 0 Å². The molecule has 1 N–H and O–H groups in total. The number of aliphatic hydroxyl groups is 1. The fraction of sp³-hybridized carbons (Fsp3) is 0.556. The summed E-state index contributed by atoms with van der Waals surface area (Å²) in [5.41, 5.74) is 1.49. The molecule has 0 fully saturated rings. The van der Waals surface area contributed by atoms with Crippen LogP contribution in [0.3, 0.4) is 0 Å². The van der Waals surface area contributed by atoms with E-state index in [9.17, 15) is 9.90 Å². The van der Waals surface area contributed by atoms with Crippen LogP contribution >= 0.6 is 11.6 Å². The molecule has 1 aromatic rings. The van der Waals surface area contributed by atoms with Crippen LogP contribution in [0.15, 0.2) is 0 Å². The van der Waals surface area contributed by atoms with E-state index < -0.39 is 6.10 Å². The van der Waals surface area contributed by atoms with Crippen molar-refractivity contribution in [1.29, 1.82) is 0 Å². The van der Waals surface area contributed by atoms with Gasteiger partial charge in [0.1, 0.15) is 12.4 Å². The minimum absolute atomic E-state index is 0.214. The van der Waals surface area contributed by atoms with Gasteiger partial charge in [-0.1, -0.05) is 18.5 Å². The van der Waals surface area contributed by atoms with E-state index >= 15 is 0 Å². The molecule has 0 saturated carbocycles. The largest absolute Gasteiger partial charge is 0.385 e. The highest BCUT2D eigenvalue weighted by Gasteiger charge is 2.15. The summed E-state index contributed by atoms with van der Waals surface area (Å²) in [5.74, 6) is 0. The van der Waals surface area contributed by atoms with E-state index in [1.54, 1.807) is 11.7 Å². The third-order valence-corrected chi connectivity index (χ3v) is 2.50. The Hall–Kier alpha value is -0.870. The Bertz CT molecular complexity index is 336. The van der Waals surface area contributed by atoms with Crippen molar-refractivity contribution in [3.63, 3.8) is 0 Å². The monoisotopic (exact) mass is 216 g/mol. The van der Waals surface area contributed by atoms with Crippen LogP contribution in [0.2, 0.25) is 5.02 Å². The summed E-state index contributed by atoms with van der Waals surface area (Å²) in [5, 5.41) is 13.9. The number of aryl methyl sites for hydroxylation is 2. The van der Waals surface area contributed by atoms with Crippen LogP contribution in [0.5, 0.6) is 0 Å². The van der Waals surface area contributed by atoms with Gasteiger partial charge in [-0.2, -0.15) is 5.10 Å². The SMILES string of the molecule is CCc1nn(C)c(CC(O)C=O)c1Cl. The predicted octanol–water partition coefficient (Wildman–Crippen LogP) is 0.738.